The minimum absolute atomic E-state index is 0.0987. The van der Waals surface area contributed by atoms with Gasteiger partial charge in [-0.15, -0.1) is 0 Å². The van der Waals surface area contributed by atoms with Gasteiger partial charge in [-0.1, -0.05) is 11.6 Å². The zero-order chi connectivity index (χ0) is 11.3. The van der Waals surface area contributed by atoms with E-state index in [0.29, 0.717) is 5.69 Å². The molecule has 0 saturated heterocycles. The molecule has 1 rings (SSSR count). The fraction of sp³-hybridized carbons (Fsp3) is 0.375. The Hall–Kier alpha value is -1.43. The van der Waals surface area contributed by atoms with E-state index in [4.69, 9.17) is 17.0 Å². The smallest absolute Gasteiger partial charge is 0.219 e. The Bertz CT molecular complexity index is 373. The third-order valence-corrected chi connectivity index (χ3v) is 1.77. The van der Waals surface area contributed by atoms with Crippen molar-refractivity contribution in [2.45, 2.75) is 6.42 Å². The van der Waals surface area contributed by atoms with Crippen LogP contribution in [0, 0.1) is 5.41 Å². The second-order valence-corrected chi connectivity index (χ2v) is 3.13. The third kappa shape index (κ3) is 3.67. The Morgan fingerprint density at radius 3 is 3.13 bits per heavy atom. The van der Waals surface area contributed by atoms with Gasteiger partial charge in [0.25, 0.3) is 0 Å². The van der Waals surface area contributed by atoms with Crippen LogP contribution in [0.4, 0.5) is 10.1 Å². The lowest BCUT2D eigenvalue weighted by Gasteiger charge is -1.99. The lowest BCUT2D eigenvalue weighted by molar-refractivity contribution is 0.511. The molecular weight excluding hydrogens is 221 g/mol. The van der Waals surface area contributed by atoms with Crippen molar-refractivity contribution in [3.63, 3.8) is 0 Å². The van der Waals surface area contributed by atoms with Gasteiger partial charge in [-0.3, -0.25) is 14.5 Å². The molecule has 5 nitrogen and oxygen atoms in total. The van der Waals surface area contributed by atoms with Crippen LogP contribution in [0.15, 0.2) is 11.2 Å². The number of hydrogen-bond acceptors (Lipinski definition) is 2. The highest BCUT2D eigenvalue weighted by Crippen LogP contribution is 2.18. The summed E-state index contributed by atoms with van der Waals surface area (Å²) in [5, 5.41) is 14.2. The minimum Gasteiger partial charge on any atom is -0.321 e. The summed E-state index contributed by atoms with van der Waals surface area (Å²) in [4.78, 5) is 3.67. The maximum absolute atomic E-state index is 11.7. The van der Waals surface area contributed by atoms with Crippen LogP contribution in [0.3, 0.4) is 0 Å². The monoisotopic (exact) mass is 231 g/mol. The molecule has 0 aliphatic heterocycles. The van der Waals surface area contributed by atoms with Crippen molar-refractivity contribution < 1.29 is 4.39 Å². The Morgan fingerprint density at radius 1 is 1.87 bits per heavy atom. The molecule has 0 saturated carbocycles. The van der Waals surface area contributed by atoms with E-state index >= 15 is 0 Å². The van der Waals surface area contributed by atoms with Crippen LogP contribution in [0.5, 0.6) is 0 Å². The van der Waals surface area contributed by atoms with E-state index in [2.05, 4.69) is 15.4 Å². The van der Waals surface area contributed by atoms with Crippen LogP contribution in [0.25, 0.3) is 0 Å². The first kappa shape index (κ1) is 11.6. The standard InChI is InChI=1S/C8H11ClFN5/c1-15-5-6(7(9)14-15)13-8(11)12-4-2-3-10/h4-5H,2-3H2,1H3,(H2,11,13)/b12-4-. The summed E-state index contributed by atoms with van der Waals surface area (Å²) >= 11 is 5.75. The predicted octanol–water partition coefficient (Wildman–Crippen LogP) is 1.85. The molecule has 1 aromatic heterocycles. The summed E-state index contributed by atoms with van der Waals surface area (Å²) in [5.74, 6) is -0.0987. The van der Waals surface area contributed by atoms with Gasteiger partial charge in [0.2, 0.25) is 5.96 Å². The summed E-state index contributed by atoms with van der Waals surface area (Å²) in [6, 6.07) is 0. The van der Waals surface area contributed by atoms with Crippen LogP contribution < -0.4 is 5.32 Å². The molecule has 0 radical (unpaired) electrons. The molecule has 0 amide bonds. The highest BCUT2D eigenvalue weighted by molar-refractivity contribution is 6.32. The van der Waals surface area contributed by atoms with Gasteiger partial charge in [0.1, 0.15) is 0 Å². The van der Waals surface area contributed by atoms with E-state index in [0.717, 1.165) is 0 Å². The molecule has 1 aromatic rings. The molecular formula is C8H11ClFN5. The quantitative estimate of drug-likeness (QED) is 0.616. The van der Waals surface area contributed by atoms with Gasteiger partial charge in [-0.2, -0.15) is 5.10 Å². The van der Waals surface area contributed by atoms with Gasteiger partial charge >= 0.3 is 0 Å². The summed E-state index contributed by atoms with van der Waals surface area (Å²) in [5.41, 5.74) is 0.501. The molecule has 0 bridgehead atoms. The molecule has 7 heteroatoms. The number of nitrogens with one attached hydrogen (secondary N) is 2. The normalized spacial score (nSPS) is 10.9. The zero-order valence-corrected chi connectivity index (χ0v) is 8.92. The number of nitrogens with zero attached hydrogens (tertiary/aromatic N) is 3. The first-order chi connectivity index (χ1) is 7.13. The predicted molar refractivity (Wildman–Crippen MR) is 58.7 cm³/mol. The molecule has 0 spiro atoms. The number of aromatic nitrogens is 2. The molecule has 82 valence electrons. The summed E-state index contributed by atoms with van der Waals surface area (Å²) < 4.78 is 13.2. The van der Waals surface area contributed by atoms with Gasteiger partial charge < -0.3 is 5.32 Å². The number of rotatable bonds is 3. The Balaban J connectivity index is 2.55. The Morgan fingerprint density at radius 2 is 2.60 bits per heavy atom. The van der Waals surface area contributed by atoms with Gasteiger partial charge in [-0.05, 0) is 0 Å². The lowest BCUT2D eigenvalue weighted by atomic mass is 10.5. The fourth-order valence-electron chi connectivity index (χ4n) is 0.910. The van der Waals surface area contributed by atoms with E-state index in [9.17, 15) is 4.39 Å². The molecule has 2 N–H and O–H groups in total. The van der Waals surface area contributed by atoms with Crippen LogP contribution >= 0.6 is 11.6 Å². The first-order valence-electron chi connectivity index (χ1n) is 4.26. The number of hydrogen-bond donors (Lipinski definition) is 2. The van der Waals surface area contributed by atoms with Crippen molar-refractivity contribution in [3.05, 3.63) is 11.3 Å². The van der Waals surface area contributed by atoms with E-state index in [1.165, 1.54) is 10.9 Å². The van der Waals surface area contributed by atoms with Crippen molar-refractivity contribution in [1.29, 1.82) is 5.41 Å². The highest BCUT2D eigenvalue weighted by Gasteiger charge is 2.05. The summed E-state index contributed by atoms with van der Waals surface area (Å²) in [7, 11) is 1.72. The summed E-state index contributed by atoms with van der Waals surface area (Å²) in [6.07, 6.45) is 3.16. The highest BCUT2D eigenvalue weighted by atomic mass is 35.5. The maximum atomic E-state index is 11.7. The molecule has 0 aliphatic carbocycles. The molecule has 0 aromatic carbocycles. The van der Waals surface area contributed by atoms with Crippen molar-refractivity contribution >= 4 is 29.5 Å². The molecule has 0 aliphatic rings. The topological polar surface area (TPSA) is 66.1 Å². The number of halogens is 2. The number of aryl methyl sites for hydroxylation is 1. The van der Waals surface area contributed by atoms with Crippen molar-refractivity contribution in [2.24, 2.45) is 12.0 Å². The Kier molecular flexibility index (Phi) is 4.23. The van der Waals surface area contributed by atoms with Crippen LogP contribution in [-0.4, -0.2) is 28.6 Å². The molecule has 15 heavy (non-hydrogen) atoms. The maximum Gasteiger partial charge on any atom is 0.219 e. The zero-order valence-electron chi connectivity index (χ0n) is 8.17. The van der Waals surface area contributed by atoms with Crippen LogP contribution in [0.1, 0.15) is 6.42 Å². The molecule has 0 fully saturated rings. The van der Waals surface area contributed by atoms with E-state index < -0.39 is 6.67 Å². The first-order valence-corrected chi connectivity index (χ1v) is 4.64. The molecule has 0 atom stereocenters. The average molecular weight is 232 g/mol. The second-order valence-electron chi connectivity index (χ2n) is 2.77. The number of alkyl halides is 1. The minimum atomic E-state index is -0.482. The van der Waals surface area contributed by atoms with Crippen molar-refractivity contribution in [2.75, 3.05) is 12.0 Å². The van der Waals surface area contributed by atoms with Gasteiger partial charge in [-0.25, -0.2) is 4.99 Å². The Labute approximate surface area is 91.5 Å². The largest absolute Gasteiger partial charge is 0.321 e. The summed E-state index contributed by atoms with van der Waals surface area (Å²) in [6.45, 7) is -0.482. The molecule has 0 unspecified atom stereocenters. The number of guanidine groups is 1. The molecule has 1 heterocycles. The van der Waals surface area contributed by atoms with E-state index in [1.54, 1.807) is 13.2 Å². The van der Waals surface area contributed by atoms with E-state index in [1.807, 2.05) is 0 Å². The third-order valence-electron chi connectivity index (χ3n) is 1.50. The SMILES string of the molecule is Cn1cc(NC(=N)/N=C\CCF)c(Cl)n1. The van der Waals surface area contributed by atoms with Crippen molar-refractivity contribution in [1.82, 2.24) is 9.78 Å². The van der Waals surface area contributed by atoms with E-state index in [-0.39, 0.29) is 17.5 Å². The van der Waals surface area contributed by atoms with Gasteiger partial charge in [0, 0.05) is 25.9 Å². The number of aliphatic imine (C=N–C) groups is 1. The number of anilines is 1. The van der Waals surface area contributed by atoms with Crippen LogP contribution in [0.2, 0.25) is 5.15 Å². The van der Waals surface area contributed by atoms with Crippen LogP contribution in [-0.2, 0) is 7.05 Å². The second kappa shape index (κ2) is 5.45. The fourth-order valence-corrected chi connectivity index (χ4v) is 1.12. The van der Waals surface area contributed by atoms with Crippen molar-refractivity contribution in [3.8, 4) is 0 Å². The lowest BCUT2D eigenvalue weighted by Crippen LogP contribution is -2.07. The van der Waals surface area contributed by atoms with Gasteiger partial charge in [0.05, 0.1) is 12.4 Å². The average Bonchev–Trinajstić information content (AvgIpc) is 2.45. The van der Waals surface area contributed by atoms with Gasteiger partial charge in [0.15, 0.2) is 5.15 Å².